The lowest BCUT2D eigenvalue weighted by Crippen LogP contribution is -2.29. The zero-order valence-electron chi connectivity index (χ0n) is 11.5. The van der Waals surface area contributed by atoms with Crippen molar-refractivity contribution in [1.82, 2.24) is 14.8 Å². The molecule has 1 atom stereocenters. The fraction of sp³-hybridized carbons (Fsp3) is 0.357. The van der Waals surface area contributed by atoms with E-state index in [9.17, 15) is 4.79 Å². The molecule has 0 aliphatic carbocycles. The van der Waals surface area contributed by atoms with Crippen LogP contribution in [0.2, 0.25) is 0 Å². The SMILES string of the molecule is CCCC(CN)C(=O)Nc1cccc(-n2cnnc2)c1. The van der Waals surface area contributed by atoms with Crippen molar-refractivity contribution >= 4 is 11.6 Å². The molecule has 6 heteroatoms. The Hall–Kier alpha value is -2.21. The van der Waals surface area contributed by atoms with Crippen molar-refractivity contribution in [1.29, 1.82) is 0 Å². The third-order valence-corrected chi connectivity index (χ3v) is 3.12. The largest absolute Gasteiger partial charge is 0.330 e. The van der Waals surface area contributed by atoms with Crippen molar-refractivity contribution in [2.75, 3.05) is 11.9 Å². The molecule has 0 radical (unpaired) electrons. The highest BCUT2D eigenvalue weighted by molar-refractivity contribution is 5.92. The molecule has 0 aliphatic rings. The van der Waals surface area contributed by atoms with Crippen LogP contribution in [0.5, 0.6) is 0 Å². The summed E-state index contributed by atoms with van der Waals surface area (Å²) in [7, 11) is 0. The fourth-order valence-corrected chi connectivity index (χ4v) is 2.03. The molecule has 0 aliphatic heterocycles. The van der Waals surface area contributed by atoms with Crippen LogP contribution < -0.4 is 11.1 Å². The van der Waals surface area contributed by atoms with Gasteiger partial charge in [0.1, 0.15) is 12.7 Å². The minimum atomic E-state index is -0.140. The highest BCUT2D eigenvalue weighted by atomic mass is 16.1. The van der Waals surface area contributed by atoms with Gasteiger partial charge >= 0.3 is 0 Å². The molecule has 1 aromatic heterocycles. The minimum absolute atomic E-state index is 0.0322. The number of hydrogen-bond acceptors (Lipinski definition) is 4. The van der Waals surface area contributed by atoms with Crippen molar-refractivity contribution in [2.45, 2.75) is 19.8 Å². The topological polar surface area (TPSA) is 85.8 Å². The summed E-state index contributed by atoms with van der Waals surface area (Å²) >= 11 is 0. The number of nitrogens with zero attached hydrogens (tertiary/aromatic N) is 3. The molecule has 0 bridgehead atoms. The molecule has 6 nitrogen and oxygen atoms in total. The standard InChI is InChI=1S/C14H19N5O/c1-2-4-11(8-15)14(20)18-12-5-3-6-13(7-12)19-9-16-17-10-19/h3,5-7,9-11H,2,4,8,15H2,1H3,(H,18,20). The van der Waals surface area contributed by atoms with E-state index in [1.165, 1.54) is 0 Å². The summed E-state index contributed by atoms with van der Waals surface area (Å²) in [6, 6.07) is 7.53. The Morgan fingerprint density at radius 1 is 1.40 bits per heavy atom. The number of nitrogens with one attached hydrogen (secondary N) is 1. The third kappa shape index (κ3) is 3.42. The molecular weight excluding hydrogens is 254 g/mol. The second kappa shape index (κ2) is 6.81. The van der Waals surface area contributed by atoms with Gasteiger partial charge < -0.3 is 11.1 Å². The maximum Gasteiger partial charge on any atom is 0.228 e. The van der Waals surface area contributed by atoms with Crippen LogP contribution >= 0.6 is 0 Å². The van der Waals surface area contributed by atoms with Crippen LogP contribution in [0, 0.1) is 5.92 Å². The van der Waals surface area contributed by atoms with Crippen molar-refractivity contribution < 1.29 is 4.79 Å². The predicted molar refractivity (Wildman–Crippen MR) is 77.4 cm³/mol. The lowest BCUT2D eigenvalue weighted by molar-refractivity contribution is -0.119. The average Bonchev–Trinajstić information content (AvgIpc) is 2.99. The average molecular weight is 273 g/mol. The molecule has 1 unspecified atom stereocenters. The second-order valence-electron chi connectivity index (χ2n) is 4.63. The number of rotatable bonds is 6. The van der Waals surface area contributed by atoms with Gasteiger partial charge in [-0.3, -0.25) is 9.36 Å². The molecule has 1 heterocycles. The molecule has 2 rings (SSSR count). The normalized spacial score (nSPS) is 12.1. The molecule has 2 aromatic rings. The first-order chi connectivity index (χ1) is 9.74. The summed E-state index contributed by atoms with van der Waals surface area (Å²) in [5, 5.41) is 10.4. The molecule has 0 spiro atoms. The van der Waals surface area contributed by atoms with E-state index in [1.807, 2.05) is 31.2 Å². The molecular formula is C14H19N5O. The van der Waals surface area contributed by atoms with E-state index in [0.717, 1.165) is 24.2 Å². The fourth-order valence-electron chi connectivity index (χ4n) is 2.03. The summed E-state index contributed by atoms with van der Waals surface area (Å²) in [6.07, 6.45) is 4.96. The molecule has 106 valence electrons. The summed E-state index contributed by atoms with van der Waals surface area (Å²) in [4.78, 5) is 12.1. The number of amides is 1. The Bertz CT molecular complexity index is 552. The van der Waals surface area contributed by atoms with E-state index in [4.69, 9.17) is 5.73 Å². The van der Waals surface area contributed by atoms with E-state index in [2.05, 4.69) is 15.5 Å². The van der Waals surface area contributed by atoms with E-state index >= 15 is 0 Å². The van der Waals surface area contributed by atoms with Gasteiger partial charge in [0.15, 0.2) is 0 Å². The number of hydrogen-bond donors (Lipinski definition) is 2. The van der Waals surface area contributed by atoms with Crippen molar-refractivity contribution in [3.63, 3.8) is 0 Å². The van der Waals surface area contributed by atoms with Crippen LogP contribution in [0.1, 0.15) is 19.8 Å². The third-order valence-electron chi connectivity index (χ3n) is 3.12. The van der Waals surface area contributed by atoms with Gasteiger partial charge in [0.2, 0.25) is 5.91 Å². The smallest absolute Gasteiger partial charge is 0.228 e. The number of carbonyl (C=O) groups is 1. The zero-order valence-corrected chi connectivity index (χ0v) is 11.5. The van der Waals surface area contributed by atoms with Crippen LogP contribution in [-0.2, 0) is 4.79 Å². The lowest BCUT2D eigenvalue weighted by Gasteiger charge is -2.14. The zero-order chi connectivity index (χ0) is 14.4. The number of anilines is 1. The number of carbonyl (C=O) groups excluding carboxylic acids is 1. The van der Waals surface area contributed by atoms with Gasteiger partial charge in [-0.05, 0) is 24.6 Å². The van der Waals surface area contributed by atoms with Gasteiger partial charge in [0.25, 0.3) is 0 Å². The first kappa shape index (κ1) is 14.2. The van der Waals surface area contributed by atoms with Crippen LogP contribution in [-0.4, -0.2) is 27.2 Å². The Balaban J connectivity index is 2.10. The Morgan fingerprint density at radius 3 is 2.80 bits per heavy atom. The predicted octanol–water partition coefficient (Wildman–Crippen LogP) is 1.58. The van der Waals surface area contributed by atoms with Crippen molar-refractivity contribution in [2.24, 2.45) is 11.7 Å². The molecule has 0 saturated carbocycles. The summed E-state index contributed by atoms with van der Waals surface area (Å²) in [5.74, 6) is -0.172. The maximum atomic E-state index is 12.1. The first-order valence-corrected chi connectivity index (χ1v) is 6.70. The first-order valence-electron chi connectivity index (χ1n) is 6.70. The van der Waals surface area contributed by atoms with E-state index < -0.39 is 0 Å². The molecule has 1 aromatic carbocycles. The molecule has 3 N–H and O–H groups in total. The van der Waals surface area contributed by atoms with Crippen molar-refractivity contribution in [3.05, 3.63) is 36.9 Å². The van der Waals surface area contributed by atoms with Crippen LogP contribution in [0.15, 0.2) is 36.9 Å². The monoisotopic (exact) mass is 273 g/mol. The highest BCUT2D eigenvalue weighted by Gasteiger charge is 2.15. The highest BCUT2D eigenvalue weighted by Crippen LogP contribution is 2.16. The van der Waals surface area contributed by atoms with Crippen molar-refractivity contribution in [3.8, 4) is 5.69 Å². The second-order valence-corrected chi connectivity index (χ2v) is 4.63. The van der Waals surface area contributed by atoms with Gasteiger partial charge in [-0.1, -0.05) is 19.4 Å². The summed E-state index contributed by atoms with van der Waals surface area (Å²) < 4.78 is 1.78. The Morgan fingerprint density at radius 2 is 2.15 bits per heavy atom. The maximum absolute atomic E-state index is 12.1. The number of benzene rings is 1. The lowest BCUT2D eigenvalue weighted by atomic mass is 10.0. The molecule has 20 heavy (non-hydrogen) atoms. The summed E-state index contributed by atoms with van der Waals surface area (Å²) in [5.41, 5.74) is 7.28. The number of aromatic nitrogens is 3. The summed E-state index contributed by atoms with van der Waals surface area (Å²) in [6.45, 7) is 2.41. The quantitative estimate of drug-likeness (QED) is 0.836. The Labute approximate surface area is 118 Å². The van der Waals surface area contributed by atoms with E-state index in [-0.39, 0.29) is 11.8 Å². The molecule has 0 saturated heterocycles. The minimum Gasteiger partial charge on any atom is -0.330 e. The molecule has 1 amide bonds. The van der Waals surface area contributed by atoms with Gasteiger partial charge in [-0.2, -0.15) is 0 Å². The Kier molecular flexibility index (Phi) is 4.84. The van der Waals surface area contributed by atoms with Gasteiger partial charge in [0, 0.05) is 12.2 Å². The molecule has 0 fully saturated rings. The van der Waals surface area contributed by atoms with Gasteiger partial charge in [-0.25, -0.2) is 0 Å². The van der Waals surface area contributed by atoms with Gasteiger partial charge in [0.05, 0.1) is 11.6 Å². The van der Waals surface area contributed by atoms with Crippen LogP contribution in [0.4, 0.5) is 5.69 Å². The van der Waals surface area contributed by atoms with E-state index in [1.54, 1.807) is 17.2 Å². The van der Waals surface area contributed by atoms with Crippen LogP contribution in [0.25, 0.3) is 5.69 Å². The van der Waals surface area contributed by atoms with E-state index in [0.29, 0.717) is 6.54 Å². The van der Waals surface area contributed by atoms with Crippen LogP contribution in [0.3, 0.4) is 0 Å². The number of nitrogens with two attached hydrogens (primary N) is 1. The van der Waals surface area contributed by atoms with Gasteiger partial charge in [-0.15, -0.1) is 10.2 Å².